The van der Waals surface area contributed by atoms with E-state index >= 15 is 0 Å². The van der Waals surface area contributed by atoms with Gasteiger partial charge in [-0.15, -0.1) is 0 Å². The van der Waals surface area contributed by atoms with Gasteiger partial charge in [0, 0.05) is 11.3 Å². The van der Waals surface area contributed by atoms with Gasteiger partial charge in [-0.25, -0.2) is 13.2 Å². The molecule has 0 bridgehead atoms. The zero-order valence-electron chi connectivity index (χ0n) is 14.8. The van der Waals surface area contributed by atoms with Gasteiger partial charge in [-0.05, 0) is 49.4 Å². The number of hydrogen-bond acceptors (Lipinski definition) is 5. The maximum Gasteiger partial charge on any atom is 0.416 e. The summed E-state index contributed by atoms with van der Waals surface area (Å²) >= 11 is 0. The van der Waals surface area contributed by atoms with E-state index in [2.05, 4.69) is 4.72 Å². The molecule has 28 heavy (non-hydrogen) atoms. The van der Waals surface area contributed by atoms with Gasteiger partial charge in [0.2, 0.25) is 15.8 Å². The van der Waals surface area contributed by atoms with Crippen molar-refractivity contribution in [2.75, 3.05) is 11.0 Å². The Bertz CT molecular complexity index is 985. The number of rotatable bonds is 6. The molecule has 0 aromatic heterocycles. The van der Waals surface area contributed by atoms with Gasteiger partial charge in [-0.2, -0.15) is 13.2 Å². The van der Waals surface area contributed by atoms with Crippen LogP contribution in [0.3, 0.4) is 0 Å². The summed E-state index contributed by atoms with van der Waals surface area (Å²) < 4.78 is 67.7. The predicted molar refractivity (Wildman–Crippen MR) is 95.6 cm³/mol. The maximum atomic E-state index is 12.7. The van der Waals surface area contributed by atoms with Crippen LogP contribution in [0.5, 0.6) is 0 Å². The zero-order valence-corrected chi connectivity index (χ0v) is 15.6. The number of esters is 1. The highest BCUT2D eigenvalue weighted by Crippen LogP contribution is 2.29. The third kappa shape index (κ3) is 5.81. The number of carbonyl (C=O) groups is 2. The van der Waals surface area contributed by atoms with Crippen molar-refractivity contribution in [1.82, 2.24) is 0 Å². The Morgan fingerprint density at radius 3 is 2.18 bits per heavy atom. The van der Waals surface area contributed by atoms with Crippen molar-refractivity contribution in [3.05, 3.63) is 65.2 Å². The molecular formula is C18H16F3NO5S. The van der Waals surface area contributed by atoms with Crippen LogP contribution in [0.25, 0.3) is 0 Å². The highest BCUT2D eigenvalue weighted by molar-refractivity contribution is 7.92. The standard InChI is InChI=1S/C18H16F3NO5S/c1-11(16(23)12-6-8-15(9-7-12)22-28(2,25)26)27-17(24)13-4-3-5-14(10-13)18(19,20)21/h3-11,22H,1-2H3. The van der Waals surface area contributed by atoms with E-state index in [9.17, 15) is 31.2 Å². The highest BCUT2D eigenvalue weighted by atomic mass is 32.2. The van der Waals surface area contributed by atoms with Crippen LogP contribution >= 0.6 is 0 Å². The quantitative estimate of drug-likeness (QED) is 0.576. The van der Waals surface area contributed by atoms with Crippen LogP contribution in [-0.4, -0.2) is 32.5 Å². The zero-order chi connectivity index (χ0) is 21.1. The first kappa shape index (κ1) is 21.4. The molecule has 1 atom stereocenters. The molecule has 6 nitrogen and oxygen atoms in total. The van der Waals surface area contributed by atoms with Crippen LogP contribution < -0.4 is 4.72 Å². The molecule has 1 N–H and O–H groups in total. The Morgan fingerprint density at radius 1 is 1.04 bits per heavy atom. The largest absolute Gasteiger partial charge is 0.451 e. The summed E-state index contributed by atoms with van der Waals surface area (Å²) in [6.45, 7) is 1.29. The van der Waals surface area contributed by atoms with Gasteiger partial charge in [0.1, 0.15) is 0 Å². The molecule has 0 amide bonds. The smallest absolute Gasteiger partial charge is 0.416 e. The van der Waals surface area contributed by atoms with E-state index in [4.69, 9.17) is 4.74 Å². The van der Waals surface area contributed by atoms with Crippen molar-refractivity contribution >= 4 is 27.5 Å². The van der Waals surface area contributed by atoms with Crippen molar-refractivity contribution in [2.24, 2.45) is 0 Å². The van der Waals surface area contributed by atoms with Crippen molar-refractivity contribution in [3.8, 4) is 0 Å². The number of anilines is 1. The van der Waals surface area contributed by atoms with Crippen LogP contribution in [0.15, 0.2) is 48.5 Å². The van der Waals surface area contributed by atoms with Crippen molar-refractivity contribution in [3.63, 3.8) is 0 Å². The van der Waals surface area contributed by atoms with E-state index in [1.54, 1.807) is 0 Å². The third-order valence-corrected chi connectivity index (χ3v) is 4.16. The lowest BCUT2D eigenvalue weighted by atomic mass is 10.1. The SMILES string of the molecule is CC(OC(=O)c1cccc(C(F)(F)F)c1)C(=O)c1ccc(NS(C)(=O)=O)cc1. The molecule has 0 aliphatic carbocycles. The minimum Gasteiger partial charge on any atom is -0.451 e. The van der Waals surface area contributed by atoms with Crippen LogP contribution in [0.1, 0.15) is 33.2 Å². The summed E-state index contributed by atoms with van der Waals surface area (Å²) in [5, 5.41) is 0. The van der Waals surface area contributed by atoms with E-state index in [-0.39, 0.29) is 16.8 Å². The topological polar surface area (TPSA) is 89.5 Å². The van der Waals surface area contributed by atoms with E-state index in [1.165, 1.54) is 31.2 Å². The van der Waals surface area contributed by atoms with Gasteiger partial charge in [0.15, 0.2) is 6.10 Å². The summed E-state index contributed by atoms with van der Waals surface area (Å²) in [5.74, 6) is -1.66. The van der Waals surface area contributed by atoms with E-state index in [1.807, 2.05) is 0 Å². The number of nitrogens with one attached hydrogen (secondary N) is 1. The Morgan fingerprint density at radius 2 is 1.64 bits per heavy atom. The van der Waals surface area contributed by atoms with Gasteiger partial charge >= 0.3 is 12.1 Å². The molecule has 0 saturated heterocycles. The fraction of sp³-hybridized carbons (Fsp3) is 0.222. The lowest BCUT2D eigenvalue weighted by molar-refractivity contribution is -0.137. The van der Waals surface area contributed by atoms with E-state index in [0.29, 0.717) is 6.07 Å². The molecule has 0 spiro atoms. The maximum absolute atomic E-state index is 12.7. The minimum atomic E-state index is -4.61. The molecule has 0 saturated carbocycles. The molecule has 1 unspecified atom stereocenters. The van der Waals surface area contributed by atoms with Gasteiger partial charge in [0.25, 0.3) is 0 Å². The first-order valence-electron chi connectivity index (χ1n) is 7.87. The number of halogens is 3. The summed E-state index contributed by atoms with van der Waals surface area (Å²) in [5.41, 5.74) is -0.951. The molecule has 0 aliphatic rings. The van der Waals surface area contributed by atoms with Gasteiger partial charge in [-0.1, -0.05) is 6.07 Å². The second-order valence-electron chi connectivity index (χ2n) is 5.94. The first-order chi connectivity index (χ1) is 12.9. The summed E-state index contributed by atoms with van der Waals surface area (Å²) in [6, 6.07) is 9.07. The Balaban J connectivity index is 2.09. The monoisotopic (exact) mass is 415 g/mol. The van der Waals surface area contributed by atoms with Crippen molar-refractivity contribution in [2.45, 2.75) is 19.2 Å². The number of alkyl halides is 3. The normalized spacial score (nSPS) is 12.9. The van der Waals surface area contributed by atoms with Crippen LogP contribution in [-0.2, 0) is 20.9 Å². The molecule has 0 radical (unpaired) electrons. The van der Waals surface area contributed by atoms with E-state index in [0.717, 1.165) is 24.5 Å². The molecule has 0 fully saturated rings. The van der Waals surface area contributed by atoms with Crippen molar-refractivity contribution < 1.29 is 35.9 Å². The van der Waals surface area contributed by atoms with Gasteiger partial charge < -0.3 is 4.74 Å². The second kappa shape index (κ2) is 8.01. The minimum absolute atomic E-state index is 0.142. The average Bonchev–Trinajstić information content (AvgIpc) is 2.59. The fourth-order valence-electron chi connectivity index (χ4n) is 2.26. The summed E-state index contributed by atoms with van der Waals surface area (Å²) in [4.78, 5) is 24.4. The predicted octanol–water partition coefficient (Wildman–Crippen LogP) is 3.51. The fourth-order valence-corrected chi connectivity index (χ4v) is 2.82. The first-order valence-corrected chi connectivity index (χ1v) is 9.76. The molecule has 10 heteroatoms. The number of ether oxygens (including phenoxy) is 1. The summed E-state index contributed by atoms with van der Waals surface area (Å²) in [6.07, 6.45) is -4.89. The average molecular weight is 415 g/mol. The third-order valence-electron chi connectivity index (χ3n) is 3.55. The number of hydrogen-bond donors (Lipinski definition) is 1. The number of Topliss-reactive ketones (excluding diaryl/α,β-unsaturated/α-hetero) is 1. The molecule has 2 rings (SSSR count). The second-order valence-corrected chi connectivity index (χ2v) is 7.69. The van der Waals surface area contributed by atoms with Crippen LogP contribution in [0, 0.1) is 0 Å². The Kier molecular flexibility index (Phi) is 6.13. The van der Waals surface area contributed by atoms with Crippen LogP contribution in [0.2, 0.25) is 0 Å². The summed E-state index contributed by atoms with van der Waals surface area (Å²) in [7, 11) is -3.47. The number of carbonyl (C=O) groups excluding carboxylic acids is 2. The Hall–Kier alpha value is -2.88. The number of sulfonamides is 1. The number of benzene rings is 2. The lowest BCUT2D eigenvalue weighted by Gasteiger charge is -2.14. The van der Waals surface area contributed by atoms with Crippen LogP contribution in [0.4, 0.5) is 18.9 Å². The number of ketones is 1. The lowest BCUT2D eigenvalue weighted by Crippen LogP contribution is -2.24. The van der Waals surface area contributed by atoms with Gasteiger partial charge in [-0.3, -0.25) is 9.52 Å². The molecular weight excluding hydrogens is 399 g/mol. The van der Waals surface area contributed by atoms with Crippen molar-refractivity contribution in [1.29, 1.82) is 0 Å². The molecule has 0 heterocycles. The molecule has 2 aromatic carbocycles. The molecule has 0 aliphatic heterocycles. The molecule has 2 aromatic rings. The Labute approximate surface area is 159 Å². The highest BCUT2D eigenvalue weighted by Gasteiger charge is 2.31. The van der Waals surface area contributed by atoms with E-state index < -0.39 is 39.6 Å². The molecule has 150 valence electrons. The van der Waals surface area contributed by atoms with Gasteiger partial charge in [0.05, 0.1) is 17.4 Å².